The van der Waals surface area contributed by atoms with Crippen LogP contribution in [0, 0.1) is 0 Å². The lowest BCUT2D eigenvalue weighted by atomic mass is 9.99. The Bertz CT molecular complexity index is 732. The van der Waals surface area contributed by atoms with E-state index in [2.05, 4.69) is 5.32 Å². The third-order valence-electron chi connectivity index (χ3n) is 5.76. The molecule has 31 heavy (non-hydrogen) atoms. The van der Waals surface area contributed by atoms with Crippen molar-refractivity contribution in [1.82, 2.24) is 4.90 Å². The van der Waals surface area contributed by atoms with Gasteiger partial charge in [0.2, 0.25) is 0 Å². The number of nitrogens with zero attached hydrogens (tertiary/aromatic N) is 1. The van der Waals surface area contributed by atoms with E-state index in [9.17, 15) is 26.3 Å². The van der Waals surface area contributed by atoms with Crippen molar-refractivity contribution in [2.45, 2.75) is 44.1 Å². The number of hydrogen-bond acceptors (Lipinski definition) is 2. The molecule has 0 bridgehead atoms. The quantitative estimate of drug-likeness (QED) is 0.520. The second-order valence-corrected chi connectivity index (χ2v) is 8.36. The van der Waals surface area contributed by atoms with Crippen LogP contribution in [0.15, 0.2) is 18.2 Å². The van der Waals surface area contributed by atoms with Crippen molar-refractivity contribution in [2.24, 2.45) is 0 Å². The molecular weight excluding hydrogens is 444 g/mol. The van der Waals surface area contributed by atoms with Gasteiger partial charge in [-0.15, -0.1) is 0 Å². The predicted octanol–water partition coefficient (Wildman–Crippen LogP) is 3.58. The summed E-state index contributed by atoms with van der Waals surface area (Å²) in [4.78, 5) is 3.34. The van der Waals surface area contributed by atoms with E-state index in [4.69, 9.17) is 17.0 Å². The molecule has 3 rings (SSSR count). The van der Waals surface area contributed by atoms with Crippen LogP contribution in [0.1, 0.15) is 36.8 Å². The lowest BCUT2D eigenvalue weighted by Gasteiger charge is -2.38. The molecule has 0 radical (unpaired) electrons. The highest BCUT2D eigenvalue weighted by Crippen LogP contribution is 2.37. The first-order valence-corrected chi connectivity index (χ1v) is 10.7. The summed E-state index contributed by atoms with van der Waals surface area (Å²) in [5, 5.41) is 2.80. The monoisotopic (exact) mass is 470 g/mol. The average molecular weight is 471 g/mol. The number of halogens is 6. The molecule has 0 saturated carbocycles. The van der Waals surface area contributed by atoms with Gasteiger partial charge >= 0.3 is 12.4 Å². The Labute approximate surface area is 182 Å². The zero-order valence-corrected chi connectivity index (χ0v) is 17.7. The second kappa shape index (κ2) is 9.91. The standard InChI is InChI=1S/C20H25F6N3OS/c21-19(22,23)14-11-15(20(24,25)26)13-16(12-14)27-18(31)29-5-2-1-3-17(29)4-6-28-7-9-30-10-8-28/h11-13,17H,1-10H2,(H,27,31)/p+1/t17-/m0/s1. The van der Waals surface area contributed by atoms with Gasteiger partial charge in [0, 0.05) is 24.7 Å². The van der Waals surface area contributed by atoms with Gasteiger partial charge < -0.3 is 19.9 Å². The number of thiocarbonyl (C=S) groups is 1. The number of hydrogen-bond donors (Lipinski definition) is 2. The van der Waals surface area contributed by atoms with Gasteiger partial charge in [0.15, 0.2) is 5.11 Å². The summed E-state index contributed by atoms with van der Waals surface area (Å²) in [5.74, 6) is 0. The van der Waals surface area contributed by atoms with Gasteiger partial charge in [0.05, 0.1) is 30.9 Å². The molecule has 2 fully saturated rings. The molecule has 2 aliphatic rings. The highest BCUT2D eigenvalue weighted by Gasteiger charge is 2.37. The van der Waals surface area contributed by atoms with Crippen LogP contribution in [0.4, 0.5) is 32.0 Å². The number of rotatable bonds is 4. The highest BCUT2D eigenvalue weighted by atomic mass is 32.1. The first kappa shape index (κ1) is 24.1. The van der Waals surface area contributed by atoms with Crippen LogP contribution in [-0.4, -0.2) is 55.4 Å². The fraction of sp³-hybridized carbons (Fsp3) is 0.650. The number of alkyl halides is 6. The number of nitrogens with one attached hydrogen (secondary N) is 2. The lowest BCUT2D eigenvalue weighted by molar-refractivity contribution is -0.908. The summed E-state index contributed by atoms with van der Waals surface area (Å²) >= 11 is 5.40. The zero-order chi connectivity index (χ0) is 22.6. The van der Waals surface area contributed by atoms with Gasteiger partial charge in [-0.05, 0) is 49.7 Å². The van der Waals surface area contributed by atoms with Crippen LogP contribution < -0.4 is 10.2 Å². The van der Waals surface area contributed by atoms with Crippen molar-refractivity contribution in [3.05, 3.63) is 29.3 Å². The van der Waals surface area contributed by atoms with E-state index in [0.29, 0.717) is 18.7 Å². The molecule has 1 aromatic rings. The summed E-state index contributed by atoms with van der Waals surface area (Å²) in [7, 11) is 0. The Morgan fingerprint density at radius 3 is 2.23 bits per heavy atom. The Balaban J connectivity index is 1.72. The minimum atomic E-state index is -4.89. The Kier molecular flexibility index (Phi) is 7.69. The Morgan fingerprint density at radius 1 is 1.03 bits per heavy atom. The summed E-state index contributed by atoms with van der Waals surface area (Å²) in [5.41, 5.74) is -3.03. The molecule has 4 nitrogen and oxygen atoms in total. The van der Waals surface area contributed by atoms with Gasteiger partial charge in [-0.1, -0.05) is 0 Å². The van der Waals surface area contributed by atoms with E-state index in [1.165, 1.54) is 4.90 Å². The summed E-state index contributed by atoms with van der Waals surface area (Å²) in [6, 6.07) is 1.55. The fourth-order valence-electron chi connectivity index (χ4n) is 4.07. The van der Waals surface area contributed by atoms with Crippen molar-refractivity contribution in [3.63, 3.8) is 0 Å². The number of piperidine rings is 1. The molecule has 11 heteroatoms. The van der Waals surface area contributed by atoms with Crippen molar-refractivity contribution in [2.75, 3.05) is 44.7 Å². The minimum Gasteiger partial charge on any atom is -0.370 e. The maximum Gasteiger partial charge on any atom is 0.416 e. The maximum absolute atomic E-state index is 13.1. The van der Waals surface area contributed by atoms with E-state index in [1.807, 2.05) is 4.90 Å². The molecular formula is C20H26F6N3OS+. The number of ether oxygens (including phenoxy) is 1. The molecule has 0 aliphatic carbocycles. The van der Waals surface area contributed by atoms with E-state index < -0.39 is 23.5 Å². The fourth-order valence-corrected chi connectivity index (χ4v) is 4.43. The smallest absolute Gasteiger partial charge is 0.370 e. The van der Waals surface area contributed by atoms with Crippen LogP contribution in [0.5, 0.6) is 0 Å². The van der Waals surface area contributed by atoms with Gasteiger partial charge in [-0.25, -0.2) is 0 Å². The normalized spacial score (nSPS) is 21.2. The van der Waals surface area contributed by atoms with Crippen molar-refractivity contribution in [1.29, 1.82) is 0 Å². The van der Waals surface area contributed by atoms with Crippen LogP contribution in [0.25, 0.3) is 0 Å². The van der Waals surface area contributed by atoms with Gasteiger partial charge in [0.25, 0.3) is 0 Å². The summed E-state index contributed by atoms with van der Waals surface area (Å²) in [6.07, 6.45) is -6.15. The highest BCUT2D eigenvalue weighted by molar-refractivity contribution is 7.80. The van der Waals surface area contributed by atoms with E-state index in [0.717, 1.165) is 58.5 Å². The maximum atomic E-state index is 13.1. The minimum absolute atomic E-state index is 0.108. The van der Waals surface area contributed by atoms with Crippen LogP contribution in [0.3, 0.4) is 0 Å². The number of quaternary nitrogens is 1. The SMILES string of the molecule is FC(F)(F)c1cc(NC(=S)N2CCCC[C@H]2CC[NH+]2CCOCC2)cc(C(F)(F)F)c1. The number of benzene rings is 1. The number of anilines is 1. The van der Waals surface area contributed by atoms with Crippen LogP contribution in [0.2, 0.25) is 0 Å². The molecule has 2 aliphatic heterocycles. The van der Waals surface area contributed by atoms with Crippen molar-refractivity contribution < 1.29 is 36.0 Å². The topological polar surface area (TPSA) is 28.9 Å². The third-order valence-corrected chi connectivity index (χ3v) is 6.09. The van der Waals surface area contributed by atoms with Crippen molar-refractivity contribution >= 4 is 23.0 Å². The zero-order valence-electron chi connectivity index (χ0n) is 16.9. The molecule has 0 amide bonds. The van der Waals surface area contributed by atoms with E-state index in [-0.39, 0.29) is 22.9 Å². The van der Waals surface area contributed by atoms with E-state index >= 15 is 0 Å². The molecule has 0 spiro atoms. The summed E-state index contributed by atoms with van der Waals surface area (Å²) in [6.45, 7) is 4.86. The van der Waals surface area contributed by atoms with Crippen molar-refractivity contribution in [3.8, 4) is 0 Å². The number of likely N-dealkylation sites (tertiary alicyclic amines) is 1. The second-order valence-electron chi connectivity index (χ2n) is 7.97. The molecule has 0 aromatic heterocycles. The average Bonchev–Trinajstić information content (AvgIpc) is 2.71. The first-order chi connectivity index (χ1) is 14.5. The number of morpholine rings is 1. The predicted molar refractivity (Wildman–Crippen MR) is 108 cm³/mol. The largest absolute Gasteiger partial charge is 0.416 e. The Morgan fingerprint density at radius 2 is 1.65 bits per heavy atom. The Hall–Kier alpha value is -1.59. The molecule has 1 aromatic carbocycles. The van der Waals surface area contributed by atoms with Crippen LogP contribution >= 0.6 is 12.2 Å². The molecule has 0 unspecified atom stereocenters. The van der Waals surface area contributed by atoms with E-state index in [1.54, 1.807) is 0 Å². The third kappa shape index (κ3) is 6.69. The molecule has 2 heterocycles. The molecule has 174 valence electrons. The molecule has 1 atom stereocenters. The molecule has 2 N–H and O–H groups in total. The summed E-state index contributed by atoms with van der Waals surface area (Å²) < 4.78 is 84.1. The molecule has 2 saturated heterocycles. The van der Waals surface area contributed by atoms with Gasteiger partial charge in [-0.2, -0.15) is 26.3 Å². The lowest BCUT2D eigenvalue weighted by Crippen LogP contribution is -3.14. The van der Waals surface area contributed by atoms with Gasteiger partial charge in [0.1, 0.15) is 13.1 Å². The van der Waals surface area contributed by atoms with Crippen LogP contribution in [-0.2, 0) is 17.1 Å². The van der Waals surface area contributed by atoms with Gasteiger partial charge in [-0.3, -0.25) is 0 Å². The first-order valence-electron chi connectivity index (χ1n) is 10.3.